The van der Waals surface area contributed by atoms with Gasteiger partial charge in [0.05, 0.1) is 25.9 Å². The summed E-state index contributed by atoms with van der Waals surface area (Å²) in [6, 6.07) is 7.87. The molecule has 0 aliphatic carbocycles. The van der Waals surface area contributed by atoms with Crippen LogP contribution in [-0.4, -0.2) is 52.8 Å². The Bertz CT molecular complexity index is 863. The van der Waals surface area contributed by atoms with Crippen molar-refractivity contribution in [2.45, 2.75) is 39.3 Å². The summed E-state index contributed by atoms with van der Waals surface area (Å²) in [5.41, 5.74) is 2.94. The normalized spacial score (nSPS) is 17.1. The smallest absolute Gasteiger partial charge is 0.224 e. The summed E-state index contributed by atoms with van der Waals surface area (Å²) in [5, 5.41) is 10.6. The Morgan fingerprint density at radius 3 is 2.97 bits per heavy atom. The number of nitrogens with one attached hydrogen (secondary N) is 2. The molecule has 30 heavy (non-hydrogen) atoms. The number of rotatable bonds is 7. The van der Waals surface area contributed by atoms with Crippen LogP contribution in [0.25, 0.3) is 0 Å². The number of hydrogen-bond acceptors (Lipinski definition) is 4. The summed E-state index contributed by atoms with van der Waals surface area (Å²) < 4.78 is 7.75. The van der Waals surface area contributed by atoms with Crippen molar-refractivity contribution in [2.75, 3.05) is 31.6 Å². The first-order chi connectivity index (χ1) is 14.6. The van der Waals surface area contributed by atoms with Gasteiger partial charge in [-0.3, -0.25) is 9.48 Å². The minimum atomic E-state index is -0.0200. The lowest BCUT2D eigenvalue weighted by Gasteiger charge is -2.34. The van der Waals surface area contributed by atoms with Gasteiger partial charge in [-0.2, -0.15) is 5.10 Å². The molecule has 2 N–H and O–H groups in total. The Kier molecular flexibility index (Phi) is 7.84. The average Bonchev–Trinajstić information content (AvgIpc) is 3.18. The number of amides is 1. The summed E-state index contributed by atoms with van der Waals surface area (Å²) in [6.07, 6.45) is 5.20. The lowest BCUT2D eigenvalue weighted by atomic mass is 10.1. The molecule has 1 amide bonds. The van der Waals surface area contributed by atoms with E-state index in [1.54, 1.807) is 4.68 Å². The quantitative estimate of drug-likeness (QED) is 0.540. The Hall–Kier alpha value is -2.87. The molecule has 162 valence electrons. The molecule has 1 unspecified atom stereocenters. The van der Waals surface area contributed by atoms with Crippen LogP contribution in [0.4, 0.5) is 5.69 Å². The molecule has 1 aliphatic heterocycles. The number of ether oxygens (including phenoxy) is 1. The van der Waals surface area contributed by atoms with Gasteiger partial charge in [-0.25, -0.2) is 4.99 Å². The second-order valence-corrected chi connectivity index (χ2v) is 7.42. The molecule has 3 rings (SSSR count). The van der Waals surface area contributed by atoms with Crippen molar-refractivity contribution in [3.05, 3.63) is 47.8 Å². The molecular weight excluding hydrogens is 380 g/mol. The predicted octanol–water partition coefficient (Wildman–Crippen LogP) is 2.70. The molecule has 1 aromatic heterocycles. The number of nitrogens with zero attached hydrogens (tertiary/aromatic N) is 4. The van der Waals surface area contributed by atoms with Crippen LogP contribution < -0.4 is 10.6 Å². The van der Waals surface area contributed by atoms with Crippen LogP contribution in [0.2, 0.25) is 0 Å². The minimum absolute atomic E-state index is 0.0200. The zero-order valence-electron chi connectivity index (χ0n) is 18.1. The predicted molar refractivity (Wildman–Crippen MR) is 118 cm³/mol. The third-order valence-corrected chi connectivity index (χ3v) is 4.90. The number of anilines is 1. The number of aromatic nitrogens is 2. The highest BCUT2D eigenvalue weighted by atomic mass is 16.5. The molecule has 1 aliphatic rings. The molecule has 0 bridgehead atoms. The third kappa shape index (κ3) is 6.06. The van der Waals surface area contributed by atoms with Gasteiger partial charge in [0.2, 0.25) is 5.91 Å². The Labute approximate surface area is 178 Å². The summed E-state index contributed by atoms with van der Waals surface area (Å²) in [5.74, 6) is 0.913. The van der Waals surface area contributed by atoms with Gasteiger partial charge in [-0.15, -0.1) is 0 Å². The molecule has 1 atom stereocenters. The Balaban J connectivity index is 1.67. The molecule has 2 aromatic rings. The zero-order chi connectivity index (χ0) is 21.3. The van der Waals surface area contributed by atoms with Crippen LogP contribution in [-0.2, 0) is 23.1 Å². The number of hydrogen-bond donors (Lipinski definition) is 2. The molecule has 0 saturated carbocycles. The molecule has 0 radical (unpaired) electrons. The van der Waals surface area contributed by atoms with E-state index in [4.69, 9.17) is 9.73 Å². The van der Waals surface area contributed by atoms with Gasteiger partial charge in [0.25, 0.3) is 0 Å². The van der Waals surface area contributed by atoms with Crippen molar-refractivity contribution in [3.63, 3.8) is 0 Å². The van der Waals surface area contributed by atoms with Gasteiger partial charge in [0.15, 0.2) is 5.96 Å². The van der Waals surface area contributed by atoms with Gasteiger partial charge in [0, 0.05) is 44.0 Å². The van der Waals surface area contributed by atoms with Crippen LogP contribution in [0, 0.1) is 0 Å². The molecule has 1 fully saturated rings. The number of guanidine groups is 1. The van der Waals surface area contributed by atoms with Crippen LogP contribution >= 0.6 is 0 Å². The van der Waals surface area contributed by atoms with E-state index in [0.717, 1.165) is 48.8 Å². The summed E-state index contributed by atoms with van der Waals surface area (Å²) in [4.78, 5) is 18.9. The number of benzene rings is 1. The second-order valence-electron chi connectivity index (χ2n) is 7.42. The van der Waals surface area contributed by atoms with Crippen molar-refractivity contribution >= 4 is 17.6 Å². The maximum Gasteiger partial charge on any atom is 0.224 e. The number of carbonyl (C=O) groups is 1. The van der Waals surface area contributed by atoms with Crippen LogP contribution in [0.15, 0.2) is 41.7 Å². The van der Waals surface area contributed by atoms with E-state index in [9.17, 15) is 4.79 Å². The Morgan fingerprint density at radius 2 is 2.23 bits per heavy atom. The second kappa shape index (κ2) is 10.8. The highest BCUT2D eigenvalue weighted by molar-refractivity contribution is 5.90. The van der Waals surface area contributed by atoms with E-state index in [0.29, 0.717) is 19.6 Å². The summed E-state index contributed by atoms with van der Waals surface area (Å²) in [6.45, 7) is 7.55. The van der Waals surface area contributed by atoms with Crippen molar-refractivity contribution < 1.29 is 9.53 Å². The van der Waals surface area contributed by atoms with Gasteiger partial charge in [-0.05, 0) is 31.0 Å². The van der Waals surface area contributed by atoms with Gasteiger partial charge < -0.3 is 20.3 Å². The van der Waals surface area contributed by atoms with E-state index in [1.165, 1.54) is 0 Å². The van der Waals surface area contributed by atoms with Crippen molar-refractivity contribution in [1.82, 2.24) is 20.0 Å². The van der Waals surface area contributed by atoms with E-state index in [-0.39, 0.29) is 12.0 Å². The number of aryl methyl sites for hydroxylation is 1. The van der Waals surface area contributed by atoms with Crippen molar-refractivity contribution in [1.29, 1.82) is 0 Å². The molecule has 1 saturated heterocycles. The largest absolute Gasteiger partial charge is 0.370 e. The zero-order valence-corrected chi connectivity index (χ0v) is 18.1. The number of carbonyl (C=O) groups excluding carboxylic acids is 1. The van der Waals surface area contributed by atoms with E-state index < -0.39 is 0 Å². The average molecular weight is 413 g/mol. The molecule has 0 spiro atoms. The highest BCUT2D eigenvalue weighted by Gasteiger charge is 2.25. The number of morpholine rings is 1. The van der Waals surface area contributed by atoms with Crippen molar-refractivity contribution in [2.24, 2.45) is 12.0 Å². The molecule has 8 nitrogen and oxygen atoms in total. The number of aliphatic imine (C=N–C) groups is 1. The van der Waals surface area contributed by atoms with Gasteiger partial charge in [-0.1, -0.05) is 19.1 Å². The first kappa shape index (κ1) is 21.8. The monoisotopic (exact) mass is 412 g/mol. The van der Waals surface area contributed by atoms with E-state index >= 15 is 0 Å². The first-order valence-electron chi connectivity index (χ1n) is 10.6. The molecule has 2 heterocycles. The fourth-order valence-corrected chi connectivity index (χ4v) is 3.44. The molecule has 8 heteroatoms. The maximum atomic E-state index is 11.9. The van der Waals surface area contributed by atoms with Crippen LogP contribution in [0.3, 0.4) is 0 Å². The lowest BCUT2D eigenvalue weighted by molar-refractivity contribution is -0.116. The molecular formula is C22H32N6O2. The standard InChI is InChI=1S/C22H32N6O2/c1-4-7-21(29)26-19-9-6-8-17(12-19)13-24-22(23-5-2)28-10-11-30-20(16-28)18-14-25-27(3)15-18/h6,8-9,12,14-15,20H,4-5,7,10-11,13,16H2,1-3H3,(H,23,24)(H,26,29). The van der Waals surface area contributed by atoms with Crippen LogP contribution in [0.1, 0.15) is 43.9 Å². The van der Waals surface area contributed by atoms with E-state index in [2.05, 4.69) is 27.6 Å². The Morgan fingerprint density at radius 1 is 1.37 bits per heavy atom. The maximum absolute atomic E-state index is 11.9. The van der Waals surface area contributed by atoms with Crippen molar-refractivity contribution in [3.8, 4) is 0 Å². The fourth-order valence-electron chi connectivity index (χ4n) is 3.44. The van der Waals surface area contributed by atoms with Crippen LogP contribution in [0.5, 0.6) is 0 Å². The fraction of sp³-hybridized carbons (Fsp3) is 0.500. The first-order valence-corrected chi connectivity index (χ1v) is 10.6. The minimum Gasteiger partial charge on any atom is -0.370 e. The SMILES string of the molecule is CCCC(=O)Nc1cccc(CN=C(NCC)N2CCOC(c3cnn(C)c3)C2)c1. The topological polar surface area (TPSA) is 83.8 Å². The molecule has 1 aromatic carbocycles. The van der Waals surface area contributed by atoms with Gasteiger partial charge in [0.1, 0.15) is 6.10 Å². The lowest BCUT2D eigenvalue weighted by Crippen LogP contribution is -2.48. The van der Waals surface area contributed by atoms with Gasteiger partial charge >= 0.3 is 0 Å². The van der Waals surface area contributed by atoms with E-state index in [1.807, 2.05) is 50.6 Å². The summed E-state index contributed by atoms with van der Waals surface area (Å²) >= 11 is 0. The third-order valence-electron chi connectivity index (χ3n) is 4.90. The summed E-state index contributed by atoms with van der Waals surface area (Å²) in [7, 11) is 1.91. The highest BCUT2D eigenvalue weighted by Crippen LogP contribution is 2.22.